The standard InChI is InChI=1S/C18H30N4O3S2.HI/c1-3-19-18(20-9-8-16-4-6-17(25-2)7-5-16)21-10-15-27(23,24)22-11-13-26-14-12-22;/h4-7H,3,8-15H2,1-2H3,(H2,19,20,21);1H. The molecule has 0 atom stereocenters. The van der Waals surface area contributed by atoms with Crippen LogP contribution in [0.2, 0.25) is 0 Å². The summed E-state index contributed by atoms with van der Waals surface area (Å²) in [7, 11) is -1.57. The van der Waals surface area contributed by atoms with E-state index >= 15 is 0 Å². The van der Waals surface area contributed by atoms with Crippen molar-refractivity contribution in [2.24, 2.45) is 4.99 Å². The summed E-state index contributed by atoms with van der Waals surface area (Å²) >= 11 is 1.80. The maximum Gasteiger partial charge on any atom is 0.215 e. The van der Waals surface area contributed by atoms with Crippen molar-refractivity contribution in [2.45, 2.75) is 13.3 Å². The summed E-state index contributed by atoms with van der Waals surface area (Å²) in [5.74, 6) is 3.29. The molecule has 7 nitrogen and oxygen atoms in total. The van der Waals surface area contributed by atoms with Crippen LogP contribution in [-0.4, -0.2) is 75.8 Å². The highest BCUT2D eigenvalue weighted by atomic mass is 127. The van der Waals surface area contributed by atoms with E-state index in [4.69, 9.17) is 4.74 Å². The highest BCUT2D eigenvalue weighted by Crippen LogP contribution is 2.13. The Bertz CT molecular complexity index is 693. The van der Waals surface area contributed by atoms with E-state index in [-0.39, 0.29) is 36.3 Å². The Hall–Kier alpha value is -0.720. The fraction of sp³-hybridized carbons (Fsp3) is 0.611. The van der Waals surface area contributed by atoms with Gasteiger partial charge in [0.25, 0.3) is 0 Å². The van der Waals surface area contributed by atoms with Crippen LogP contribution in [0, 0.1) is 0 Å². The molecule has 0 spiro atoms. The molecular weight excluding hydrogens is 511 g/mol. The minimum atomic E-state index is -3.22. The number of guanidine groups is 1. The van der Waals surface area contributed by atoms with E-state index in [0.717, 1.165) is 30.2 Å². The molecule has 28 heavy (non-hydrogen) atoms. The first-order valence-electron chi connectivity index (χ1n) is 9.26. The van der Waals surface area contributed by atoms with Gasteiger partial charge in [-0.15, -0.1) is 24.0 Å². The maximum atomic E-state index is 12.4. The molecule has 1 saturated heterocycles. The Kier molecular flexibility index (Phi) is 12.2. The van der Waals surface area contributed by atoms with Gasteiger partial charge >= 0.3 is 0 Å². The van der Waals surface area contributed by atoms with Crippen molar-refractivity contribution in [3.63, 3.8) is 0 Å². The molecular formula is C18H31IN4O3S2. The third-order valence-electron chi connectivity index (χ3n) is 4.19. The predicted octanol–water partition coefficient (Wildman–Crippen LogP) is 1.79. The first-order chi connectivity index (χ1) is 13.0. The lowest BCUT2D eigenvalue weighted by Gasteiger charge is -2.25. The molecule has 0 unspecified atom stereocenters. The minimum Gasteiger partial charge on any atom is -0.497 e. The third kappa shape index (κ3) is 8.75. The average molecular weight is 543 g/mol. The number of benzene rings is 1. The monoisotopic (exact) mass is 542 g/mol. The van der Waals surface area contributed by atoms with Gasteiger partial charge in [0.1, 0.15) is 5.75 Å². The summed E-state index contributed by atoms with van der Waals surface area (Å²) in [6, 6.07) is 7.96. The molecule has 0 bridgehead atoms. The second-order valence-corrected chi connectivity index (χ2v) is 9.43. The van der Waals surface area contributed by atoms with E-state index in [1.54, 1.807) is 23.2 Å². The quantitative estimate of drug-likeness (QED) is 0.282. The zero-order chi connectivity index (χ0) is 19.5. The number of halogens is 1. The predicted molar refractivity (Wildman–Crippen MR) is 129 cm³/mol. The normalized spacial score (nSPS) is 15.6. The van der Waals surface area contributed by atoms with Gasteiger partial charge in [0, 0.05) is 37.7 Å². The van der Waals surface area contributed by atoms with Crippen LogP contribution in [0.25, 0.3) is 0 Å². The molecule has 0 saturated carbocycles. The van der Waals surface area contributed by atoms with E-state index in [2.05, 4.69) is 15.6 Å². The van der Waals surface area contributed by atoms with Crippen LogP contribution in [0.4, 0.5) is 0 Å². The van der Waals surface area contributed by atoms with Gasteiger partial charge in [0.05, 0.1) is 19.4 Å². The Morgan fingerprint density at radius 1 is 1.21 bits per heavy atom. The number of ether oxygens (including phenoxy) is 1. The second-order valence-electron chi connectivity index (χ2n) is 6.11. The van der Waals surface area contributed by atoms with Crippen molar-refractivity contribution < 1.29 is 13.2 Å². The Labute approximate surface area is 190 Å². The van der Waals surface area contributed by atoms with E-state index in [1.807, 2.05) is 31.2 Å². The molecule has 2 rings (SSSR count). The molecule has 0 radical (unpaired) electrons. The van der Waals surface area contributed by atoms with Gasteiger partial charge in [-0.05, 0) is 31.0 Å². The lowest BCUT2D eigenvalue weighted by Crippen LogP contribution is -2.41. The number of hydrogen-bond donors (Lipinski definition) is 2. The van der Waals surface area contributed by atoms with Crippen LogP contribution in [0.5, 0.6) is 5.75 Å². The Morgan fingerprint density at radius 2 is 1.89 bits per heavy atom. The van der Waals surface area contributed by atoms with Gasteiger partial charge in [0.15, 0.2) is 5.96 Å². The summed E-state index contributed by atoms with van der Waals surface area (Å²) in [5, 5.41) is 6.42. The third-order valence-corrected chi connectivity index (χ3v) is 6.98. The van der Waals surface area contributed by atoms with Gasteiger partial charge in [-0.3, -0.25) is 4.99 Å². The van der Waals surface area contributed by atoms with Crippen LogP contribution in [0.1, 0.15) is 12.5 Å². The molecule has 1 aromatic carbocycles. The largest absolute Gasteiger partial charge is 0.497 e. The molecule has 1 aliphatic rings. The first kappa shape index (κ1) is 25.3. The Morgan fingerprint density at radius 3 is 2.50 bits per heavy atom. The fourth-order valence-corrected chi connectivity index (χ4v) is 5.14. The van der Waals surface area contributed by atoms with Gasteiger partial charge in [-0.1, -0.05) is 12.1 Å². The number of rotatable bonds is 9. The van der Waals surface area contributed by atoms with Crippen LogP contribution in [-0.2, 0) is 16.4 Å². The maximum absolute atomic E-state index is 12.4. The van der Waals surface area contributed by atoms with Gasteiger partial charge in [-0.25, -0.2) is 12.7 Å². The van der Waals surface area contributed by atoms with E-state index in [9.17, 15) is 8.42 Å². The van der Waals surface area contributed by atoms with Crippen molar-refractivity contribution in [3.8, 4) is 5.75 Å². The molecule has 0 aliphatic carbocycles. The van der Waals surface area contributed by atoms with Gasteiger partial charge in [0.2, 0.25) is 10.0 Å². The van der Waals surface area contributed by atoms with Crippen molar-refractivity contribution in [3.05, 3.63) is 29.8 Å². The van der Waals surface area contributed by atoms with Crippen LogP contribution >= 0.6 is 35.7 Å². The number of aliphatic imine (C=N–C) groups is 1. The van der Waals surface area contributed by atoms with Crippen LogP contribution in [0.15, 0.2) is 29.3 Å². The van der Waals surface area contributed by atoms with Crippen molar-refractivity contribution in [1.82, 2.24) is 14.9 Å². The number of nitrogens with zero attached hydrogens (tertiary/aromatic N) is 2. The summed E-state index contributed by atoms with van der Waals surface area (Å²) in [6.45, 7) is 4.90. The molecule has 10 heteroatoms. The lowest BCUT2D eigenvalue weighted by molar-refractivity contribution is 0.414. The van der Waals surface area contributed by atoms with E-state index in [1.165, 1.54) is 5.56 Å². The fourth-order valence-electron chi connectivity index (χ4n) is 2.69. The number of hydrogen-bond acceptors (Lipinski definition) is 5. The Balaban J connectivity index is 0.00000392. The van der Waals surface area contributed by atoms with Gasteiger partial charge < -0.3 is 15.4 Å². The first-order valence-corrected chi connectivity index (χ1v) is 12.0. The number of nitrogens with one attached hydrogen (secondary N) is 2. The highest BCUT2D eigenvalue weighted by molar-refractivity contribution is 14.0. The summed E-state index contributed by atoms with van der Waals surface area (Å²) in [6.07, 6.45) is 0.845. The summed E-state index contributed by atoms with van der Waals surface area (Å²) in [4.78, 5) is 4.42. The molecule has 1 heterocycles. The minimum absolute atomic E-state index is 0. The van der Waals surface area contributed by atoms with E-state index < -0.39 is 10.0 Å². The topological polar surface area (TPSA) is 83.0 Å². The lowest BCUT2D eigenvalue weighted by atomic mass is 10.1. The SMILES string of the molecule is CCNC(=NCCS(=O)(=O)N1CCSCC1)NCCc1ccc(OC)cc1.I. The zero-order valence-corrected chi connectivity index (χ0v) is 20.5. The summed E-state index contributed by atoms with van der Waals surface area (Å²) < 4.78 is 31.5. The number of methoxy groups -OCH3 is 1. The number of thioether (sulfide) groups is 1. The summed E-state index contributed by atoms with van der Waals surface area (Å²) in [5.41, 5.74) is 1.20. The van der Waals surface area contributed by atoms with E-state index in [0.29, 0.717) is 25.6 Å². The molecule has 0 aromatic heterocycles. The second kappa shape index (κ2) is 13.5. The molecule has 2 N–H and O–H groups in total. The van der Waals surface area contributed by atoms with Crippen LogP contribution < -0.4 is 15.4 Å². The zero-order valence-electron chi connectivity index (χ0n) is 16.5. The molecule has 160 valence electrons. The van der Waals surface area contributed by atoms with Gasteiger partial charge in [-0.2, -0.15) is 11.8 Å². The van der Waals surface area contributed by atoms with Crippen molar-refractivity contribution in [2.75, 3.05) is 57.1 Å². The molecule has 0 amide bonds. The molecule has 1 fully saturated rings. The average Bonchev–Trinajstić information content (AvgIpc) is 2.69. The highest BCUT2D eigenvalue weighted by Gasteiger charge is 2.23. The van der Waals surface area contributed by atoms with Crippen molar-refractivity contribution in [1.29, 1.82) is 0 Å². The number of sulfonamides is 1. The van der Waals surface area contributed by atoms with Crippen molar-refractivity contribution >= 4 is 51.7 Å². The smallest absolute Gasteiger partial charge is 0.215 e. The molecule has 1 aromatic rings. The van der Waals surface area contributed by atoms with Crippen LogP contribution in [0.3, 0.4) is 0 Å². The molecule has 1 aliphatic heterocycles.